The standard InChI is InChI=1S/C24H20FNO2/c1-16-6-5-9-19(14-16)22-21(18-7-3-2-4-8-18)23(27)24(28)26(22)15-17-10-12-20(25)13-11-17/h2-14,22,27H,15H2,1H3. The first-order valence-corrected chi connectivity index (χ1v) is 9.15. The Hall–Kier alpha value is -3.40. The summed E-state index contributed by atoms with van der Waals surface area (Å²) in [6, 6.07) is 23.0. The van der Waals surface area contributed by atoms with Crippen LogP contribution in [0.15, 0.2) is 84.6 Å². The molecular weight excluding hydrogens is 353 g/mol. The maximum Gasteiger partial charge on any atom is 0.290 e. The molecule has 28 heavy (non-hydrogen) atoms. The van der Waals surface area contributed by atoms with Gasteiger partial charge in [-0.25, -0.2) is 4.39 Å². The van der Waals surface area contributed by atoms with Crippen molar-refractivity contribution >= 4 is 11.5 Å². The highest BCUT2D eigenvalue weighted by Crippen LogP contribution is 2.43. The molecule has 1 N–H and O–H groups in total. The smallest absolute Gasteiger partial charge is 0.290 e. The van der Waals surface area contributed by atoms with Gasteiger partial charge in [0.1, 0.15) is 5.82 Å². The second-order valence-corrected chi connectivity index (χ2v) is 7.00. The maximum atomic E-state index is 13.3. The van der Waals surface area contributed by atoms with Crippen molar-refractivity contribution < 1.29 is 14.3 Å². The number of benzene rings is 3. The summed E-state index contributed by atoms with van der Waals surface area (Å²) in [7, 11) is 0. The van der Waals surface area contributed by atoms with Crippen LogP contribution in [0.3, 0.4) is 0 Å². The quantitative estimate of drug-likeness (QED) is 0.684. The molecule has 140 valence electrons. The summed E-state index contributed by atoms with van der Waals surface area (Å²) in [6.45, 7) is 2.27. The molecule has 0 bridgehead atoms. The number of hydrogen-bond acceptors (Lipinski definition) is 2. The molecule has 3 nitrogen and oxygen atoms in total. The van der Waals surface area contributed by atoms with E-state index >= 15 is 0 Å². The molecule has 3 aromatic rings. The fraction of sp³-hybridized carbons (Fsp3) is 0.125. The predicted octanol–water partition coefficient (Wildman–Crippen LogP) is 5.19. The zero-order valence-corrected chi connectivity index (χ0v) is 15.5. The van der Waals surface area contributed by atoms with E-state index in [1.807, 2.05) is 61.5 Å². The van der Waals surface area contributed by atoms with E-state index in [4.69, 9.17) is 0 Å². The van der Waals surface area contributed by atoms with Gasteiger partial charge in [-0.15, -0.1) is 0 Å². The van der Waals surface area contributed by atoms with Crippen molar-refractivity contribution in [2.24, 2.45) is 0 Å². The lowest BCUT2D eigenvalue weighted by molar-refractivity contribution is -0.130. The molecule has 1 aliphatic rings. The van der Waals surface area contributed by atoms with Crippen LogP contribution in [0, 0.1) is 12.7 Å². The van der Waals surface area contributed by atoms with Crippen LogP contribution in [0.5, 0.6) is 0 Å². The summed E-state index contributed by atoms with van der Waals surface area (Å²) >= 11 is 0. The van der Waals surface area contributed by atoms with Crippen molar-refractivity contribution in [2.75, 3.05) is 0 Å². The lowest BCUT2D eigenvalue weighted by atomic mass is 9.92. The van der Waals surface area contributed by atoms with Gasteiger partial charge in [-0.05, 0) is 35.7 Å². The lowest BCUT2D eigenvalue weighted by Crippen LogP contribution is -2.29. The zero-order valence-electron chi connectivity index (χ0n) is 15.5. The number of aliphatic hydroxyl groups excluding tert-OH is 1. The van der Waals surface area contributed by atoms with Crippen LogP contribution in [-0.4, -0.2) is 15.9 Å². The lowest BCUT2D eigenvalue weighted by Gasteiger charge is -2.28. The first-order valence-electron chi connectivity index (χ1n) is 9.15. The minimum atomic E-state index is -0.422. The molecule has 1 heterocycles. The Balaban J connectivity index is 1.81. The largest absolute Gasteiger partial charge is 0.503 e. The van der Waals surface area contributed by atoms with Gasteiger partial charge in [0.25, 0.3) is 5.91 Å². The van der Waals surface area contributed by atoms with Crippen molar-refractivity contribution in [3.05, 3.63) is 113 Å². The Labute approximate surface area is 163 Å². The molecule has 0 fully saturated rings. The second kappa shape index (κ2) is 7.31. The van der Waals surface area contributed by atoms with Gasteiger partial charge in [-0.2, -0.15) is 0 Å². The van der Waals surface area contributed by atoms with Gasteiger partial charge >= 0.3 is 0 Å². The Morgan fingerprint density at radius 3 is 2.36 bits per heavy atom. The van der Waals surface area contributed by atoms with Gasteiger partial charge < -0.3 is 10.0 Å². The molecule has 1 atom stereocenters. The molecule has 4 rings (SSSR count). The molecule has 0 saturated carbocycles. The molecular formula is C24H20FNO2. The van der Waals surface area contributed by atoms with E-state index in [1.165, 1.54) is 12.1 Å². The molecule has 3 aromatic carbocycles. The molecule has 1 unspecified atom stereocenters. The van der Waals surface area contributed by atoms with Crippen LogP contribution in [0.4, 0.5) is 4.39 Å². The van der Waals surface area contributed by atoms with Gasteiger partial charge in [0.15, 0.2) is 5.76 Å². The summed E-state index contributed by atoms with van der Waals surface area (Å²) in [5.41, 5.74) is 4.21. The van der Waals surface area contributed by atoms with E-state index in [2.05, 4.69) is 0 Å². The van der Waals surface area contributed by atoms with E-state index in [-0.39, 0.29) is 18.1 Å². The van der Waals surface area contributed by atoms with Crippen molar-refractivity contribution in [3.63, 3.8) is 0 Å². The third kappa shape index (κ3) is 3.29. The highest BCUT2D eigenvalue weighted by molar-refractivity contribution is 6.05. The number of halogens is 1. The van der Waals surface area contributed by atoms with E-state index in [0.29, 0.717) is 5.57 Å². The van der Waals surface area contributed by atoms with Gasteiger partial charge in [0.05, 0.1) is 6.04 Å². The molecule has 4 heteroatoms. The zero-order chi connectivity index (χ0) is 19.7. The molecule has 0 saturated heterocycles. The van der Waals surface area contributed by atoms with Crippen LogP contribution >= 0.6 is 0 Å². The number of rotatable bonds is 4. The van der Waals surface area contributed by atoms with E-state index in [9.17, 15) is 14.3 Å². The average molecular weight is 373 g/mol. The number of hydrogen-bond donors (Lipinski definition) is 1. The third-order valence-corrected chi connectivity index (χ3v) is 5.01. The summed E-state index contributed by atoms with van der Waals surface area (Å²) in [6.07, 6.45) is 0. The van der Waals surface area contributed by atoms with E-state index in [0.717, 1.165) is 22.3 Å². The van der Waals surface area contributed by atoms with Gasteiger partial charge in [0, 0.05) is 12.1 Å². The number of carbonyl (C=O) groups excluding carboxylic acids is 1. The topological polar surface area (TPSA) is 40.5 Å². The summed E-state index contributed by atoms with van der Waals surface area (Å²) < 4.78 is 13.3. The Morgan fingerprint density at radius 1 is 0.964 bits per heavy atom. The number of aliphatic hydroxyl groups is 1. The first-order chi connectivity index (χ1) is 13.5. The van der Waals surface area contributed by atoms with Crippen molar-refractivity contribution in [1.82, 2.24) is 4.90 Å². The molecule has 0 aromatic heterocycles. The fourth-order valence-electron chi connectivity index (χ4n) is 3.70. The van der Waals surface area contributed by atoms with Crippen LogP contribution in [0.1, 0.15) is 28.3 Å². The monoisotopic (exact) mass is 373 g/mol. The number of aryl methyl sites for hydroxylation is 1. The van der Waals surface area contributed by atoms with Crippen molar-refractivity contribution in [3.8, 4) is 0 Å². The molecule has 1 aliphatic heterocycles. The van der Waals surface area contributed by atoms with Crippen molar-refractivity contribution in [2.45, 2.75) is 19.5 Å². The van der Waals surface area contributed by atoms with Gasteiger partial charge in [0.2, 0.25) is 0 Å². The molecule has 1 amide bonds. The van der Waals surface area contributed by atoms with E-state index < -0.39 is 11.9 Å². The third-order valence-electron chi connectivity index (χ3n) is 5.01. The minimum Gasteiger partial charge on any atom is -0.503 e. The minimum absolute atomic E-state index is 0.236. The SMILES string of the molecule is Cc1cccc(C2C(c3ccccc3)=C(O)C(=O)N2Cc2ccc(F)cc2)c1. The average Bonchev–Trinajstić information content (AvgIpc) is 2.95. The second-order valence-electron chi connectivity index (χ2n) is 7.00. The highest BCUT2D eigenvalue weighted by atomic mass is 19.1. The highest BCUT2D eigenvalue weighted by Gasteiger charge is 2.40. The number of nitrogens with zero attached hydrogens (tertiary/aromatic N) is 1. The summed E-state index contributed by atoms with van der Waals surface area (Å²) in [4.78, 5) is 14.6. The van der Waals surface area contributed by atoms with Crippen molar-refractivity contribution in [1.29, 1.82) is 0 Å². The van der Waals surface area contributed by atoms with Crippen LogP contribution in [-0.2, 0) is 11.3 Å². The van der Waals surface area contributed by atoms with Crippen LogP contribution in [0.2, 0.25) is 0 Å². The Kier molecular flexibility index (Phi) is 4.70. The Bertz CT molecular complexity index is 1040. The van der Waals surface area contributed by atoms with Crippen LogP contribution in [0.25, 0.3) is 5.57 Å². The summed E-state index contributed by atoms with van der Waals surface area (Å²) in [5.74, 6) is -0.979. The Morgan fingerprint density at radius 2 is 1.68 bits per heavy atom. The summed E-state index contributed by atoms with van der Waals surface area (Å²) in [5, 5.41) is 10.7. The normalized spacial score (nSPS) is 16.7. The maximum absolute atomic E-state index is 13.3. The number of amides is 1. The number of carbonyl (C=O) groups is 1. The van der Waals surface area contributed by atoms with Gasteiger partial charge in [-0.3, -0.25) is 4.79 Å². The van der Waals surface area contributed by atoms with Gasteiger partial charge in [-0.1, -0.05) is 72.3 Å². The van der Waals surface area contributed by atoms with Crippen LogP contribution < -0.4 is 0 Å². The molecule has 0 spiro atoms. The molecule has 0 radical (unpaired) electrons. The fourth-order valence-corrected chi connectivity index (χ4v) is 3.70. The predicted molar refractivity (Wildman–Crippen MR) is 107 cm³/mol. The molecule has 0 aliphatic carbocycles. The first kappa shape index (κ1) is 18.0. The van der Waals surface area contributed by atoms with E-state index in [1.54, 1.807) is 17.0 Å².